The molecule has 6 heteroatoms. The molecule has 0 saturated carbocycles. The van der Waals surface area contributed by atoms with Crippen LogP contribution < -0.4 is 5.32 Å². The molecule has 1 aliphatic heterocycles. The zero-order valence-electron chi connectivity index (χ0n) is 18.1. The number of carbonyl (C=O) groups is 2. The lowest BCUT2D eigenvalue weighted by atomic mass is 9.84. The molecule has 0 aromatic heterocycles. The second-order valence-electron chi connectivity index (χ2n) is 8.10. The Kier molecular flexibility index (Phi) is 6.58. The maximum Gasteiger partial charge on any atom is 0.339 e. The molecule has 0 unspecified atom stereocenters. The molecular formula is C26H25ClN2O3. The number of amides is 1. The summed E-state index contributed by atoms with van der Waals surface area (Å²) in [5.74, 6) is -0.450. The van der Waals surface area contributed by atoms with E-state index in [-0.39, 0.29) is 17.9 Å². The first-order valence-electron chi connectivity index (χ1n) is 10.5. The zero-order chi connectivity index (χ0) is 22.7. The van der Waals surface area contributed by atoms with E-state index in [2.05, 4.69) is 53.7 Å². The summed E-state index contributed by atoms with van der Waals surface area (Å²) in [4.78, 5) is 26.9. The second-order valence-corrected chi connectivity index (χ2v) is 8.53. The van der Waals surface area contributed by atoms with Gasteiger partial charge in [-0.3, -0.25) is 4.79 Å². The van der Waals surface area contributed by atoms with E-state index in [4.69, 9.17) is 16.3 Å². The highest BCUT2D eigenvalue weighted by Crippen LogP contribution is 2.33. The lowest BCUT2D eigenvalue weighted by Gasteiger charge is -2.32. The maximum absolute atomic E-state index is 12.6. The predicted molar refractivity (Wildman–Crippen MR) is 126 cm³/mol. The molecule has 0 spiro atoms. The van der Waals surface area contributed by atoms with E-state index in [0.717, 1.165) is 18.7 Å². The SMILES string of the molecule is COC(=O)c1ccc(Cl)cc1NC(=O)Cc1ccc([C@H]2CN(C)Cc3ccccc32)cc1. The van der Waals surface area contributed by atoms with Crippen molar-refractivity contribution in [2.45, 2.75) is 18.9 Å². The number of nitrogens with one attached hydrogen (secondary N) is 1. The van der Waals surface area contributed by atoms with Gasteiger partial charge in [-0.2, -0.15) is 0 Å². The number of hydrogen-bond acceptors (Lipinski definition) is 4. The molecule has 164 valence electrons. The molecule has 1 aliphatic rings. The van der Waals surface area contributed by atoms with Crippen molar-refractivity contribution < 1.29 is 14.3 Å². The summed E-state index contributed by atoms with van der Waals surface area (Å²) < 4.78 is 4.78. The molecule has 1 amide bonds. The number of ether oxygens (including phenoxy) is 1. The molecule has 0 saturated heterocycles. The minimum Gasteiger partial charge on any atom is -0.465 e. The van der Waals surface area contributed by atoms with Crippen molar-refractivity contribution in [2.24, 2.45) is 0 Å². The third-order valence-corrected chi connectivity index (χ3v) is 6.01. The van der Waals surface area contributed by atoms with E-state index in [1.807, 2.05) is 12.1 Å². The van der Waals surface area contributed by atoms with E-state index in [0.29, 0.717) is 16.6 Å². The maximum atomic E-state index is 12.6. The van der Waals surface area contributed by atoms with Crippen LogP contribution in [0.15, 0.2) is 66.7 Å². The fourth-order valence-electron chi connectivity index (χ4n) is 4.22. The average molecular weight is 449 g/mol. The lowest BCUT2D eigenvalue weighted by molar-refractivity contribution is -0.115. The molecule has 3 aromatic carbocycles. The second kappa shape index (κ2) is 9.55. The van der Waals surface area contributed by atoms with Crippen LogP contribution in [0.5, 0.6) is 0 Å². The van der Waals surface area contributed by atoms with Gasteiger partial charge in [-0.25, -0.2) is 4.79 Å². The summed E-state index contributed by atoms with van der Waals surface area (Å²) in [5, 5.41) is 3.21. The summed E-state index contributed by atoms with van der Waals surface area (Å²) in [6.45, 7) is 1.92. The zero-order valence-corrected chi connectivity index (χ0v) is 18.9. The van der Waals surface area contributed by atoms with Gasteiger partial charge in [0.25, 0.3) is 0 Å². The number of nitrogens with zero attached hydrogens (tertiary/aromatic N) is 1. The minimum atomic E-state index is -0.529. The van der Waals surface area contributed by atoms with Gasteiger partial charge < -0.3 is 15.0 Å². The number of benzene rings is 3. The van der Waals surface area contributed by atoms with Crippen molar-refractivity contribution in [3.05, 3.63) is 99.6 Å². The van der Waals surface area contributed by atoms with Crippen LogP contribution in [-0.4, -0.2) is 37.5 Å². The van der Waals surface area contributed by atoms with Crippen LogP contribution in [0.2, 0.25) is 5.02 Å². The predicted octanol–water partition coefficient (Wildman–Crippen LogP) is 4.89. The third-order valence-electron chi connectivity index (χ3n) is 5.77. The number of likely N-dealkylation sites (N-methyl/N-ethyl adjacent to an activating group) is 1. The molecule has 1 heterocycles. The van der Waals surface area contributed by atoms with E-state index < -0.39 is 5.97 Å². The Labute approximate surface area is 193 Å². The van der Waals surface area contributed by atoms with Gasteiger partial charge in [0.1, 0.15) is 0 Å². The van der Waals surface area contributed by atoms with Crippen LogP contribution in [0.3, 0.4) is 0 Å². The van der Waals surface area contributed by atoms with Gasteiger partial charge in [0.05, 0.1) is 24.8 Å². The Hall–Kier alpha value is -3.15. The van der Waals surface area contributed by atoms with Crippen LogP contribution in [0.4, 0.5) is 5.69 Å². The van der Waals surface area contributed by atoms with E-state index in [1.54, 1.807) is 12.1 Å². The van der Waals surface area contributed by atoms with Crippen molar-refractivity contribution in [3.63, 3.8) is 0 Å². The van der Waals surface area contributed by atoms with Crippen molar-refractivity contribution in [2.75, 3.05) is 26.0 Å². The number of hydrogen-bond donors (Lipinski definition) is 1. The van der Waals surface area contributed by atoms with Gasteiger partial charge in [0, 0.05) is 24.0 Å². The van der Waals surface area contributed by atoms with Crippen LogP contribution in [0.25, 0.3) is 0 Å². The molecule has 4 rings (SSSR count). The monoisotopic (exact) mass is 448 g/mol. The molecular weight excluding hydrogens is 424 g/mol. The summed E-state index contributed by atoms with van der Waals surface area (Å²) >= 11 is 6.04. The number of halogens is 1. The molecule has 0 radical (unpaired) electrons. The van der Waals surface area contributed by atoms with Gasteiger partial charge in [-0.05, 0) is 47.5 Å². The number of esters is 1. The quantitative estimate of drug-likeness (QED) is 0.565. The van der Waals surface area contributed by atoms with Gasteiger partial charge in [0.2, 0.25) is 5.91 Å². The summed E-state index contributed by atoms with van der Waals surface area (Å²) in [7, 11) is 3.44. The van der Waals surface area contributed by atoms with Crippen molar-refractivity contribution in [1.82, 2.24) is 4.90 Å². The highest BCUT2D eigenvalue weighted by Gasteiger charge is 2.24. The molecule has 1 atom stereocenters. The lowest BCUT2D eigenvalue weighted by Crippen LogP contribution is -2.30. The van der Waals surface area contributed by atoms with Crippen molar-refractivity contribution in [3.8, 4) is 0 Å². The van der Waals surface area contributed by atoms with Crippen LogP contribution in [0, 0.1) is 0 Å². The topological polar surface area (TPSA) is 58.6 Å². The van der Waals surface area contributed by atoms with Crippen LogP contribution >= 0.6 is 11.6 Å². The minimum absolute atomic E-state index is 0.189. The Morgan fingerprint density at radius 3 is 2.59 bits per heavy atom. The average Bonchev–Trinajstić information content (AvgIpc) is 2.78. The van der Waals surface area contributed by atoms with Gasteiger partial charge >= 0.3 is 5.97 Å². The standard InChI is InChI=1S/C26H25ClN2O3/c1-29-15-19-5-3-4-6-21(19)23(16-29)18-9-7-17(8-10-18)13-25(30)28-24-14-20(27)11-12-22(24)26(31)32-2/h3-12,14,23H,13,15-16H2,1-2H3,(H,28,30)/t23-/m1/s1. The molecule has 0 aliphatic carbocycles. The van der Waals surface area contributed by atoms with Crippen LogP contribution in [0.1, 0.15) is 38.5 Å². The fourth-order valence-corrected chi connectivity index (χ4v) is 4.40. The summed E-state index contributed by atoms with van der Waals surface area (Å²) in [6, 6.07) is 21.4. The molecule has 3 aromatic rings. The number of carbonyl (C=O) groups excluding carboxylic acids is 2. The molecule has 0 bridgehead atoms. The highest BCUT2D eigenvalue weighted by molar-refractivity contribution is 6.31. The van der Waals surface area contributed by atoms with Crippen molar-refractivity contribution in [1.29, 1.82) is 0 Å². The van der Waals surface area contributed by atoms with E-state index in [9.17, 15) is 9.59 Å². The smallest absolute Gasteiger partial charge is 0.339 e. The number of anilines is 1. The highest BCUT2D eigenvalue weighted by atomic mass is 35.5. The van der Waals surface area contributed by atoms with Crippen molar-refractivity contribution >= 4 is 29.2 Å². The first kappa shape index (κ1) is 22.1. The Balaban J connectivity index is 1.48. The summed E-state index contributed by atoms with van der Waals surface area (Å²) in [6.07, 6.45) is 0.189. The number of rotatable bonds is 5. The molecule has 1 N–H and O–H groups in total. The Bertz CT molecular complexity index is 1140. The van der Waals surface area contributed by atoms with E-state index >= 15 is 0 Å². The Morgan fingerprint density at radius 1 is 1.09 bits per heavy atom. The van der Waals surface area contributed by atoms with Gasteiger partial charge in [-0.15, -0.1) is 0 Å². The normalized spacial score (nSPS) is 15.7. The van der Waals surface area contributed by atoms with Crippen LogP contribution in [-0.2, 0) is 22.5 Å². The fraction of sp³-hybridized carbons (Fsp3) is 0.231. The largest absolute Gasteiger partial charge is 0.465 e. The van der Waals surface area contributed by atoms with Gasteiger partial charge in [-0.1, -0.05) is 60.1 Å². The Morgan fingerprint density at radius 2 is 1.84 bits per heavy atom. The number of fused-ring (bicyclic) bond motifs is 1. The first-order valence-corrected chi connectivity index (χ1v) is 10.9. The number of methoxy groups -OCH3 is 1. The van der Waals surface area contributed by atoms with Gasteiger partial charge in [0.15, 0.2) is 0 Å². The van der Waals surface area contributed by atoms with E-state index in [1.165, 1.54) is 29.9 Å². The first-order chi connectivity index (χ1) is 15.4. The summed E-state index contributed by atoms with van der Waals surface area (Å²) in [5.41, 5.74) is 5.46. The molecule has 32 heavy (non-hydrogen) atoms. The third kappa shape index (κ3) is 4.85. The molecule has 5 nitrogen and oxygen atoms in total. The molecule has 0 fully saturated rings.